The Morgan fingerprint density at radius 1 is 0.923 bits per heavy atom. The Morgan fingerprint density at radius 2 is 1.67 bits per heavy atom. The van der Waals surface area contributed by atoms with E-state index >= 15 is 0 Å². The highest BCUT2D eigenvalue weighted by Gasteiger charge is 2.71. The van der Waals surface area contributed by atoms with Gasteiger partial charge in [-0.3, -0.25) is 4.79 Å². The zero-order valence-electron chi connectivity index (χ0n) is 30.3. The van der Waals surface area contributed by atoms with Crippen molar-refractivity contribution in [2.24, 2.45) is 34.5 Å². The summed E-state index contributed by atoms with van der Waals surface area (Å²) in [4.78, 5) is 23.7. The van der Waals surface area contributed by atoms with Crippen molar-refractivity contribution in [2.75, 3.05) is 20.3 Å². The molecular weight excluding hydrogens is 684 g/mol. The fourth-order valence-corrected chi connectivity index (χ4v) is 11.8. The Balaban J connectivity index is 1.01. The molecule has 4 saturated carbocycles. The van der Waals surface area contributed by atoms with Crippen LogP contribution < -0.4 is 0 Å². The number of aliphatic hydroxyl groups is 6. The minimum atomic E-state index is -1.62. The maximum Gasteiger partial charge on any atom is 0.331 e. The van der Waals surface area contributed by atoms with E-state index in [-0.39, 0.29) is 35.9 Å². The standard InChI is InChI=1S/C37H56O15/c1-17-31(52-33-29(43)28(42)27(41)24(14-38)51-33)32(46-4)30(44)34(49-17)50-20-7-9-35(2)19(12-20)5-6-22-21(35)8-10-36(3)26(18-11-25(40)47-15-18)23(48-16-39)13-37(22,36)45/h11,16-17,19-24,26-34,38,41-45H,5-10,12-15H2,1-4H3/t17-,19-,20+,21+,22-,23+,24-,26+,27-,28+,29-,30-,31+,32-,33+,34+,35+,36-,37+/m1/s1. The molecule has 6 fully saturated rings. The SMILES string of the molecule is CO[C@@H]1[C@@H](O)[C@H](O[C@H]2CC[C@@]3(C)[C@H](CC[C@@H]4[C@@H]3CC[C@]3(C)[C@@H](C5=CC(=O)OC5)[C@@H](OC=O)C[C@]43O)C2)O[C@H](C)[C@@H]1O[C@@H]1O[C@H](CO)[C@@H](O)[C@H](O)[C@H]1O. The third-order valence-corrected chi connectivity index (χ3v) is 14.6. The fourth-order valence-electron chi connectivity index (χ4n) is 11.8. The van der Waals surface area contributed by atoms with Gasteiger partial charge in [0, 0.05) is 30.9 Å². The lowest BCUT2D eigenvalue weighted by atomic mass is 9.43. The summed E-state index contributed by atoms with van der Waals surface area (Å²) >= 11 is 0. The van der Waals surface area contributed by atoms with Crippen molar-refractivity contribution in [2.45, 2.75) is 151 Å². The van der Waals surface area contributed by atoms with Crippen molar-refractivity contribution < 1.29 is 73.4 Å². The molecule has 7 aliphatic rings. The molecule has 7 rings (SSSR count). The van der Waals surface area contributed by atoms with E-state index in [0.29, 0.717) is 18.8 Å². The summed E-state index contributed by atoms with van der Waals surface area (Å²) in [7, 11) is 1.41. The maximum atomic E-state index is 12.7. The van der Waals surface area contributed by atoms with Crippen molar-refractivity contribution in [1.82, 2.24) is 0 Å². The Morgan fingerprint density at radius 3 is 2.35 bits per heavy atom. The molecule has 15 nitrogen and oxygen atoms in total. The van der Waals surface area contributed by atoms with Crippen LogP contribution in [0.2, 0.25) is 0 Å². The number of hydrogen-bond donors (Lipinski definition) is 6. The van der Waals surface area contributed by atoms with Crippen LogP contribution in [0.1, 0.15) is 72.1 Å². The van der Waals surface area contributed by atoms with Crippen molar-refractivity contribution in [3.05, 3.63) is 11.6 Å². The minimum Gasteiger partial charge on any atom is -0.464 e. The highest BCUT2D eigenvalue weighted by Crippen LogP contribution is 2.70. The zero-order valence-corrected chi connectivity index (χ0v) is 30.3. The highest BCUT2D eigenvalue weighted by molar-refractivity contribution is 5.85. The van der Waals surface area contributed by atoms with Crippen molar-refractivity contribution in [3.8, 4) is 0 Å². The molecular formula is C37H56O15. The normalized spacial score (nSPS) is 53.3. The van der Waals surface area contributed by atoms with Crippen LogP contribution >= 0.6 is 0 Å². The Kier molecular flexibility index (Phi) is 10.7. The van der Waals surface area contributed by atoms with Crippen LogP contribution in [0.15, 0.2) is 11.6 Å². The van der Waals surface area contributed by atoms with E-state index in [4.69, 9.17) is 33.2 Å². The highest BCUT2D eigenvalue weighted by atomic mass is 16.7. The van der Waals surface area contributed by atoms with E-state index in [2.05, 4.69) is 13.8 Å². The molecule has 3 heterocycles. The van der Waals surface area contributed by atoms with Gasteiger partial charge in [-0.25, -0.2) is 4.79 Å². The molecule has 0 radical (unpaired) electrons. The number of carbonyl (C=O) groups excluding carboxylic acids is 2. The summed E-state index contributed by atoms with van der Waals surface area (Å²) in [5.74, 6) is -0.155. The van der Waals surface area contributed by atoms with E-state index in [0.717, 1.165) is 50.5 Å². The van der Waals surface area contributed by atoms with Gasteiger partial charge in [-0.1, -0.05) is 13.8 Å². The molecule has 2 saturated heterocycles. The van der Waals surface area contributed by atoms with Gasteiger partial charge in [0.05, 0.1) is 24.4 Å². The molecule has 0 amide bonds. The molecule has 15 heteroatoms. The molecule has 0 aromatic carbocycles. The third kappa shape index (κ3) is 6.06. The van der Waals surface area contributed by atoms with Crippen LogP contribution in [0.25, 0.3) is 0 Å². The lowest BCUT2D eigenvalue weighted by molar-refractivity contribution is -0.362. The van der Waals surface area contributed by atoms with E-state index in [1.165, 1.54) is 13.2 Å². The van der Waals surface area contributed by atoms with E-state index in [9.17, 15) is 40.2 Å². The number of fused-ring (bicyclic) bond motifs is 5. The molecule has 0 unspecified atom stereocenters. The first kappa shape index (κ1) is 38.5. The number of hydrogen-bond acceptors (Lipinski definition) is 15. The average Bonchev–Trinajstić information content (AvgIpc) is 3.63. The van der Waals surface area contributed by atoms with Crippen molar-refractivity contribution in [3.63, 3.8) is 0 Å². The summed E-state index contributed by atoms with van der Waals surface area (Å²) < 4.78 is 40.7. The van der Waals surface area contributed by atoms with Gasteiger partial charge in [-0.2, -0.15) is 0 Å². The maximum absolute atomic E-state index is 12.7. The van der Waals surface area contributed by atoms with Gasteiger partial charge in [-0.05, 0) is 80.6 Å². The van der Waals surface area contributed by atoms with Gasteiger partial charge in [0.2, 0.25) is 0 Å². The average molecular weight is 741 g/mol. The van der Waals surface area contributed by atoms with Gasteiger partial charge >= 0.3 is 5.97 Å². The third-order valence-electron chi connectivity index (χ3n) is 14.6. The first-order valence-electron chi connectivity index (χ1n) is 18.9. The van der Waals surface area contributed by atoms with E-state index in [1.54, 1.807) is 6.92 Å². The van der Waals surface area contributed by atoms with E-state index in [1.807, 2.05) is 0 Å². The van der Waals surface area contributed by atoms with Crippen LogP contribution in [0, 0.1) is 34.5 Å². The van der Waals surface area contributed by atoms with Gasteiger partial charge in [-0.15, -0.1) is 0 Å². The van der Waals surface area contributed by atoms with Crippen LogP contribution in [0.3, 0.4) is 0 Å². The molecule has 6 N–H and O–H groups in total. The predicted molar refractivity (Wildman–Crippen MR) is 177 cm³/mol. The molecule has 52 heavy (non-hydrogen) atoms. The van der Waals surface area contributed by atoms with Crippen molar-refractivity contribution in [1.29, 1.82) is 0 Å². The summed E-state index contributed by atoms with van der Waals surface area (Å²) in [5.41, 5.74) is -0.945. The van der Waals surface area contributed by atoms with Gasteiger partial charge in [0.1, 0.15) is 55.4 Å². The molecule has 0 spiro atoms. The van der Waals surface area contributed by atoms with Crippen LogP contribution in [-0.2, 0) is 42.7 Å². The number of aliphatic hydroxyl groups excluding tert-OH is 5. The molecule has 4 aliphatic carbocycles. The minimum absolute atomic E-state index is 0.00113. The molecule has 294 valence electrons. The predicted octanol–water partition coefficient (Wildman–Crippen LogP) is 0.0859. The van der Waals surface area contributed by atoms with Crippen LogP contribution in [0.4, 0.5) is 0 Å². The number of ether oxygens (including phenoxy) is 7. The number of cyclic esters (lactones) is 1. The quantitative estimate of drug-likeness (QED) is 0.105. The molecule has 0 aromatic heterocycles. The van der Waals surface area contributed by atoms with E-state index < -0.39 is 91.1 Å². The Hall–Kier alpha value is -1.76. The second-order valence-electron chi connectivity index (χ2n) is 16.9. The summed E-state index contributed by atoms with van der Waals surface area (Å²) in [6, 6.07) is 0. The molecule has 3 aliphatic heterocycles. The number of carbonyl (C=O) groups is 2. The van der Waals surface area contributed by atoms with Crippen LogP contribution in [-0.4, -0.2) is 143 Å². The molecule has 0 aromatic rings. The Bertz CT molecular complexity index is 1360. The topological polar surface area (TPSA) is 220 Å². The smallest absolute Gasteiger partial charge is 0.331 e. The van der Waals surface area contributed by atoms with Gasteiger partial charge < -0.3 is 63.8 Å². The van der Waals surface area contributed by atoms with Gasteiger partial charge in [0.15, 0.2) is 12.6 Å². The number of methoxy groups -OCH3 is 1. The first-order chi connectivity index (χ1) is 24.7. The summed E-state index contributed by atoms with van der Waals surface area (Å²) in [6.45, 7) is 6.14. The number of esters is 1. The molecule has 0 bridgehead atoms. The van der Waals surface area contributed by atoms with Crippen molar-refractivity contribution >= 4 is 12.4 Å². The fraction of sp³-hybridized carbons (Fsp3) is 0.892. The van der Waals surface area contributed by atoms with Gasteiger partial charge in [0.25, 0.3) is 6.47 Å². The zero-order chi connectivity index (χ0) is 37.3. The summed E-state index contributed by atoms with van der Waals surface area (Å²) in [5, 5.41) is 64.6. The lowest BCUT2D eigenvalue weighted by Gasteiger charge is -2.63. The Labute approximate surface area is 303 Å². The largest absolute Gasteiger partial charge is 0.464 e. The monoisotopic (exact) mass is 740 g/mol. The number of rotatable bonds is 9. The lowest BCUT2D eigenvalue weighted by Crippen LogP contribution is -2.64. The first-order valence-corrected chi connectivity index (χ1v) is 18.9. The van der Waals surface area contributed by atoms with Crippen LogP contribution in [0.5, 0.6) is 0 Å². The summed E-state index contributed by atoms with van der Waals surface area (Å²) in [6.07, 6.45) is -5.49. The second kappa shape index (κ2) is 14.4. The molecule has 19 atom stereocenters. The second-order valence-corrected chi connectivity index (χ2v) is 16.9.